The van der Waals surface area contributed by atoms with Gasteiger partial charge in [0.05, 0.1) is 40.8 Å². The second-order valence-electron chi connectivity index (χ2n) is 6.11. The number of aromatic nitrogens is 2. The molecule has 150 valence electrons. The van der Waals surface area contributed by atoms with E-state index in [0.29, 0.717) is 18.5 Å². The lowest BCUT2D eigenvalue weighted by atomic mass is 10.1. The number of aryl methyl sites for hydroxylation is 1. The van der Waals surface area contributed by atoms with Crippen molar-refractivity contribution in [2.75, 3.05) is 13.7 Å². The summed E-state index contributed by atoms with van der Waals surface area (Å²) < 4.78 is 11.2. The van der Waals surface area contributed by atoms with Crippen LogP contribution < -0.4 is 5.69 Å². The zero-order valence-electron chi connectivity index (χ0n) is 15.4. The van der Waals surface area contributed by atoms with Crippen LogP contribution >= 0.6 is 0 Å². The van der Waals surface area contributed by atoms with Crippen LogP contribution in [0.4, 0.5) is 5.69 Å². The summed E-state index contributed by atoms with van der Waals surface area (Å²) in [6.45, 7) is 0.305. The molecule has 0 unspecified atom stereocenters. The number of para-hydroxylation sites is 2. The number of rotatable bonds is 7. The van der Waals surface area contributed by atoms with Gasteiger partial charge in [-0.25, -0.2) is 14.4 Å². The molecule has 3 rings (SSSR count). The molecule has 10 heteroatoms. The fourth-order valence-corrected chi connectivity index (χ4v) is 2.87. The van der Waals surface area contributed by atoms with Crippen molar-refractivity contribution in [3.63, 3.8) is 0 Å². The maximum Gasteiger partial charge on any atom is 0.338 e. The zero-order valence-corrected chi connectivity index (χ0v) is 15.4. The first-order chi connectivity index (χ1) is 13.9. The molecule has 0 saturated carbocycles. The van der Waals surface area contributed by atoms with Gasteiger partial charge in [0.25, 0.3) is 5.69 Å². The second-order valence-corrected chi connectivity index (χ2v) is 6.11. The molecule has 0 fully saturated rings. The molecule has 0 amide bonds. The van der Waals surface area contributed by atoms with Crippen molar-refractivity contribution in [2.45, 2.75) is 13.0 Å². The van der Waals surface area contributed by atoms with E-state index >= 15 is 0 Å². The number of aromatic amines is 1. The normalized spacial score (nSPS) is 10.7. The Hall–Kier alpha value is -3.95. The monoisotopic (exact) mass is 399 g/mol. The van der Waals surface area contributed by atoms with Crippen LogP contribution in [-0.4, -0.2) is 40.1 Å². The standard InChI is InChI=1S/C19H17N3O7/c1-28-17(23)12-9-13(11-14(10-12)22(26)27)18(24)29-8-4-7-21-16-6-3-2-5-15(16)20-19(21)25/h2-3,5-6,9-11H,4,7-8H2,1H3,(H,20,25). The predicted molar refractivity (Wildman–Crippen MR) is 102 cm³/mol. The number of hydrogen-bond donors (Lipinski definition) is 1. The number of carbonyl (C=O) groups excluding carboxylic acids is 2. The fourth-order valence-electron chi connectivity index (χ4n) is 2.87. The number of nitro groups is 1. The molecule has 0 saturated heterocycles. The third-order valence-corrected chi connectivity index (χ3v) is 4.23. The van der Waals surface area contributed by atoms with Gasteiger partial charge in [-0.1, -0.05) is 12.1 Å². The largest absolute Gasteiger partial charge is 0.465 e. The summed E-state index contributed by atoms with van der Waals surface area (Å²) in [6, 6.07) is 10.4. The SMILES string of the molecule is COC(=O)c1cc(C(=O)OCCCn2c(=O)[nH]c3ccccc32)cc([N+](=O)[O-])c1. The van der Waals surface area contributed by atoms with E-state index in [9.17, 15) is 24.5 Å². The Kier molecular flexibility index (Phi) is 5.72. The summed E-state index contributed by atoms with van der Waals surface area (Å²) in [7, 11) is 1.13. The van der Waals surface area contributed by atoms with E-state index in [1.165, 1.54) is 10.6 Å². The average molecular weight is 399 g/mol. The Balaban J connectivity index is 1.67. The molecule has 0 bridgehead atoms. The number of benzene rings is 2. The van der Waals surface area contributed by atoms with Crippen LogP contribution in [0.1, 0.15) is 27.1 Å². The van der Waals surface area contributed by atoms with Gasteiger partial charge in [-0.15, -0.1) is 0 Å². The van der Waals surface area contributed by atoms with E-state index in [1.54, 1.807) is 12.1 Å². The van der Waals surface area contributed by atoms with Crippen LogP contribution in [0.5, 0.6) is 0 Å². The molecule has 0 spiro atoms. The van der Waals surface area contributed by atoms with Gasteiger partial charge >= 0.3 is 17.6 Å². The minimum atomic E-state index is -0.815. The van der Waals surface area contributed by atoms with E-state index in [-0.39, 0.29) is 23.4 Å². The molecule has 1 N–H and O–H groups in total. The van der Waals surface area contributed by atoms with Crippen LogP contribution in [-0.2, 0) is 16.0 Å². The van der Waals surface area contributed by atoms with Crippen molar-refractivity contribution in [3.05, 3.63) is 74.2 Å². The van der Waals surface area contributed by atoms with Crippen molar-refractivity contribution in [1.29, 1.82) is 0 Å². The van der Waals surface area contributed by atoms with Crippen LogP contribution in [0, 0.1) is 10.1 Å². The quantitative estimate of drug-likeness (QED) is 0.279. The first-order valence-electron chi connectivity index (χ1n) is 8.63. The Bertz CT molecular complexity index is 1150. The van der Waals surface area contributed by atoms with E-state index in [0.717, 1.165) is 24.8 Å². The van der Waals surface area contributed by atoms with Gasteiger partial charge in [0, 0.05) is 18.7 Å². The molecule has 1 aromatic heterocycles. The van der Waals surface area contributed by atoms with Crippen LogP contribution in [0.2, 0.25) is 0 Å². The lowest BCUT2D eigenvalue weighted by Gasteiger charge is -2.07. The number of fused-ring (bicyclic) bond motifs is 1. The highest BCUT2D eigenvalue weighted by atomic mass is 16.6. The molecule has 2 aromatic carbocycles. The van der Waals surface area contributed by atoms with E-state index in [4.69, 9.17) is 4.74 Å². The van der Waals surface area contributed by atoms with Gasteiger partial charge in [-0.2, -0.15) is 0 Å². The molecule has 0 atom stereocenters. The molecule has 29 heavy (non-hydrogen) atoms. The Morgan fingerprint density at radius 3 is 2.52 bits per heavy atom. The molecule has 10 nitrogen and oxygen atoms in total. The third-order valence-electron chi connectivity index (χ3n) is 4.23. The number of non-ortho nitro benzene ring substituents is 1. The van der Waals surface area contributed by atoms with Crippen molar-refractivity contribution >= 4 is 28.7 Å². The number of hydrogen-bond acceptors (Lipinski definition) is 7. The topological polar surface area (TPSA) is 134 Å². The molecule has 0 aliphatic carbocycles. The molecule has 3 aromatic rings. The number of esters is 2. The van der Waals surface area contributed by atoms with Crippen molar-refractivity contribution in [3.8, 4) is 0 Å². The summed E-state index contributed by atoms with van der Waals surface area (Å²) in [5, 5.41) is 11.0. The Morgan fingerprint density at radius 1 is 1.14 bits per heavy atom. The van der Waals surface area contributed by atoms with Crippen molar-refractivity contribution in [2.24, 2.45) is 0 Å². The van der Waals surface area contributed by atoms with Crippen LogP contribution in [0.3, 0.4) is 0 Å². The van der Waals surface area contributed by atoms with E-state index < -0.39 is 22.5 Å². The van der Waals surface area contributed by atoms with Gasteiger partial charge < -0.3 is 14.5 Å². The van der Waals surface area contributed by atoms with Gasteiger partial charge in [-0.3, -0.25) is 14.7 Å². The lowest BCUT2D eigenvalue weighted by molar-refractivity contribution is -0.384. The summed E-state index contributed by atoms with van der Waals surface area (Å²) in [5.41, 5.74) is 0.499. The number of ether oxygens (including phenoxy) is 2. The van der Waals surface area contributed by atoms with Crippen LogP contribution in [0.25, 0.3) is 11.0 Å². The molecule has 0 aliphatic rings. The molecular weight excluding hydrogens is 382 g/mol. The first kappa shape index (κ1) is 19.8. The Morgan fingerprint density at radius 2 is 1.83 bits per heavy atom. The van der Waals surface area contributed by atoms with Gasteiger partial charge in [-0.05, 0) is 24.6 Å². The average Bonchev–Trinajstić information content (AvgIpc) is 3.05. The number of nitrogens with zero attached hydrogens (tertiary/aromatic N) is 2. The lowest BCUT2D eigenvalue weighted by Crippen LogP contribution is -2.18. The smallest absolute Gasteiger partial charge is 0.338 e. The highest BCUT2D eigenvalue weighted by Crippen LogP contribution is 2.19. The first-order valence-corrected chi connectivity index (χ1v) is 8.63. The summed E-state index contributed by atoms with van der Waals surface area (Å²) >= 11 is 0. The molecule has 1 heterocycles. The minimum Gasteiger partial charge on any atom is -0.465 e. The summed E-state index contributed by atoms with van der Waals surface area (Å²) in [6.07, 6.45) is 0.353. The van der Waals surface area contributed by atoms with Crippen molar-refractivity contribution in [1.82, 2.24) is 9.55 Å². The van der Waals surface area contributed by atoms with Gasteiger partial charge in [0.15, 0.2) is 0 Å². The van der Waals surface area contributed by atoms with Crippen molar-refractivity contribution < 1.29 is 24.0 Å². The minimum absolute atomic E-state index is 0.0129. The Labute approximate surface area is 163 Å². The maximum absolute atomic E-state index is 12.3. The van der Waals surface area contributed by atoms with E-state index in [2.05, 4.69) is 9.72 Å². The summed E-state index contributed by atoms with van der Waals surface area (Å²) in [4.78, 5) is 49.0. The molecule has 0 radical (unpaired) electrons. The van der Waals surface area contributed by atoms with Gasteiger partial charge in [0.2, 0.25) is 0 Å². The van der Waals surface area contributed by atoms with E-state index in [1.807, 2.05) is 12.1 Å². The fraction of sp³-hybridized carbons (Fsp3) is 0.211. The van der Waals surface area contributed by atoms with Gasteiger partial charge in [0.1, 0.15) is 0 Å². The maximum atomic E-state index is 12.3. The predicted octanol–water partition coefficient (Wildman–Crippen LogP) is 2.27. The highest BCUT2D eigenvalue weighted by molar-refractivity contribution is 5.96. The zero-order chi connectivity index (χ0) is 21.0. The summed E-state index contributed by atoms with van der Waals surface area (Å²) in [5.74, 6) is -1.62. The number of imidazole rings is 1. The van der Waals surface area contributed by atoms with Crippen LogP contribution in [0.15, 0.2) is 47.3 Å². The number of methoxy groups -OCH3 is 1. The molecular formula is C19H17N3O7. The number of nitrogens with one attached hydrogen (secondary N) is 1. The second kappa shape index (κ2) is 8.38. The highest BCUT2D eigenvalue weighted by Gasteiger charge is 2.19. The molecule has 0 aliphatic heterocycles. The number of carbonyl (C=O) groups is 2. The number of nitro benzene ring substituents is 1. The number of H-pyrrole nitrogens is 1. The third kappa shape index (κ3) is 4.32.